The highest BCUT2D eigenvalue weighted by Gasteiger charge is 2.23. The van der Waals surface area contributed by atoms with Gasteiger partial charge in [-0.1, -0.05) is 19.1 Å². The summed E-state index contributed by atoms with van der Waals surface area (Å²) in [6.07, 6.45) is 0.709. The van der Waals surface area contributed by atoms with Crippen LogP contribution in [-0.2, 0) is 33.9 Å². The zero-order chi connectivity index (χ0) is 29.1. The number of hydrogen-bond acceptors (Lipinski definition) is 6. The first-order chi connectivity index (χ1) is 18.1. The van der Waals surface area contributed by atoms with Crippen molar-refractivity contribution in [3.63, 3.8) is 0 Å². The Morgan fingerprint density at radius 1 is 1.00 bits per heavy atom. The molecule has 11 heteroatoms. The van der Waals surface area contributed by atoms with Crippen LogP contribution < -0.4 is 10.9 Å². The first-order valence-corrected chi connectivity index (χ1v) is 13.9. The Hall–Kier alpha value is -3.86. The molecule has 0 bridgehead atoms. The van der Waals surface area contributed by atoms with Crippen LogP contribution in [-0.4, -0.2) is 36.2 Å². The quantitative estimate of drug-likeness (QED) is 0.406. The molecular weight excluding hydrogens is 530 g/mol. The van der Waals surface area contributed by atoms with Crippen molar-refractivity contribution in [1.82, 2.24) is 9.88 Å². The van der Waals surface area contributed by atoms with Crippen molar-refractivity contribution in [2.75, 3.05) is 5.75 Å². The Bertz CT molecular complexity index is 1590. The van der Waals surface area contributed by atoms with Gasteiger partial charge in [-0.15, -0.1) is 0 Å². The fourth-order valence-electron chi connectivity index (χ4n) is 3.82. The number of alkyl carbamates (subject to hydrolysis) is 1. The van der Waals surface area contributed by atoms with Crippen LogP contribution in [0.15, 0.2) is 53.5 Å². The number of ketones is 1. The van der Waals surface area contributed by atoms with Crippen LogP contribution in [0.25, 0.3) is 11.1 Å². The number of benzene rings is 2. The van der Waals surface area contributed by atoms with Crippen LogP contribution in [0.1, 0.15) is 54.7 Å². The first kappa shape index (κ1) is 29.7. The number of carbonyl (C=O) groups is 2. The van der Waals surface area contributed by atoms with Gasteiger partial charge in [-0.2, -0.15) is 0 Å². The van der Waals surface area contributed by atoms with Gasteiger partial charge in [0.15, 0.2) is 15.6 Å². The highest BCUT2D eigenvalue weighted by atomic mass is 32.2. The number of amides is 1. The van der Waals surface area contributed by atoms with Gasteiger partial charge in [-0.05, 0) is 55.7 Å². The molecule has 0 aliphatic heterocycles. The Morgan fingerprint density at radius 3 is 2.28 bits per heavy atom. The van der Waals surface area contributed by atoms with Gasteiger partial charge >= 0.3 is 6.09 Å². The molecule has 1 aromatic heterocycles. The average molecular weight is 561 g/mol. The third-order valence-electron chi connectivity index (χ3n) is 5.76. The molecule has 1 amide bonds. The summed E-state index contributed by atoms with van der Waals surface area (Å²) < 4.78 is 59.3. The molecule has 39 heavy (non-hydrogen) atoms. The molecule has 8 nitrogen and oxygen atoms in total. The lowest BCUT2D eigenvalue weighted by Crippen LogP contribution is -2.32. The lowest BCUT2D eigenvalue weighted by molar-refractivity contribution is 0.0523. The number of halogens is 2. The van der Waals surface area contributed by atoms with Gasteiger partial charge in [0.1, 0.15) is 17.2 Å². The van der Waals surface area contributed by atoms with E-state index in [1.54, 1.807) is 20.8 Å². The predicted molar refractivity (Wildman–Crippen MR) is 143 cm³/mol. The van der Waals surface area contributed by atoms with Crippen LogP contribution in [0.5, 0.6) is 0 Å². The van der Waals surface area contributed by atoms with Crippen LogP contribution in [0.4, 0.5) is 13.6 Å². The van der Waals surface area contributed by atoms with Crippen LogP contribution >= 0.6 is 0 Å². The van der Waals surface area contributed by atoms with Gasteiger partial charge < -0.3 is 14.6 Å². The van der Waals surface area contributed by atoms with Crippen molar-refractivity contribution in [3.8, 4) is 11.1 Å². The van der Waals surface area contributed by atoms with E-state index in [9.17, 15) is 31.6 Å². The second kappa shape index (κ2) is 11.5. The van der Waals surface area contributed by atoms with Gasteiger partial charge in [0, 0.05) is 48.8 Å². The van der Waals surface area contributed by atoms with Crippen LogP contribution in [0, 0.1) is 11.6 Å². The maximum atomic E-state index is 14.6. The standard InChI is InChI=1S/C28H30F2N2O6S/c1-6-39(36,37)16-17-7-9-20(26(34)21-10-8-19(29)13-24(21)30)22(11-17)23-15-32(5)25(33)12-18(23)14-31-27(35)38-28(2,3)4/h7-13,15H,6,14,16H2,1-5H3,(H,31,35). The number of hydrogen-bond donors (Lipinski definition) is 1. The summed E-state index contributed by atoms with van der Waals surface area (Å²) in [6, 6.07) is 8.16. The van der Waals surface area contributed by atoms with Crippen molar-refractivity contribution < 1.29 is 31.5 Å². The largest absolute Gasteiger partial charge is 0.444 e. The molecule has 0 radical (unpaired) electrons. The molecule has 1 heterocycles. The molecule has 208 valence electrons. The van der Waals surface area contributed by atoms with E-state index >= 15 is 0 Å². The Labute approximate surface area is 225 Å². The van der Waals surface area contributed by atoms with Gasteiger partial charge in [0.05, 0.1) is 11.3 Å². The number of nitrogens with one attached hydrogen (secondary N) is 1. The molecule has 0 unspecified atom stereocenters. The van der Waals surface area contributed by atoms with E-state index < -0.39 is 44.5 Å². The normalized spacial score (nSPS) is 11.8. The summed E-state index contributed by atoms with van der Waals surface area (Å²) in [5, 5.41) is 2.58. The lowest BCUT2D eigenvalue weighted by atomic mass is 9.90. The minimum absolute atomic E-state index is 0.00433. The number of sulfone groups is 1. The predicted octanol–water partition coefficient (Wildman–Crippen LogP) is 4.52. The van der Waals surface area contributed by atoms with Gasteiger partial charge in [0.25, 0.3) is 5.56 Å². The number of aromatic nitrogens is 1. The van der Waals surface area contributed by atoms with Crippen LogP contribution in [0.3, 0.4) is 0 Å². The third-order valence-corrected chi connectivity index (χ3v) is 7.41. The smallest absolute Gasteiger partial charge is 0.407 e. The zero-order valence-corrected chi connectivity index (χ0v) is 23.1. The maximum absolute atomic E-state index is 14.6. The summed E-state index contributed by atoms with van der Waals surface area (Å²) in [5.41, 5.74) is -0.339. The van der Waals surface area contributed by atoms with Crippen molar-refractivity contribution in [3.05, 3.63) is 92.9 Å². The molecule has 0 aliphatic carbocycles. The molecule has 0 fully saturated rings. The second-order valence-corrected chi connectivity index (χ2v) is 12.4. The fraction of sp³-hybridized carbons (Fsp3) is 0.321. The van der Waals surface area contributed by atoms with Crippen LogP contribution in [0.2, 0.25) is 0 Å². The van der Waals surface area contributed by atoms with Gasteiger partial charge in [0.2, 0.25) is 0 Å². The van der Waals surface area contributed by atoms with E-state index in [4.69, 9.17) is 4.74 Å². The van der Waals surface area contributed by atoms with E-state index in [2.05, 4.69) is 5.32 Å². The summed E-state index contributed by atoms with van der Waals surface area (Å²) in [4.78, 5) is 38.3. The van der Waals surface area contributed by atoms with Gasteiger partial charge in [-0.25, -0.2) is 22.0 Å². The van der Waals surface area contributed by atoms with Crippen molar-refractivity contribution in [1.29, 1.82) is 0 Å². The number of pyridine rings is 1. The maximum Gasteiger partial charge on any atom is 0.407 e. The average Bonchev–Trinajstić information content (AvgIpc) is 2.83. The minimum atomic E-state index is -3.45. The van der Waals surface area contributed by atoms with Crippen molar-refractivity contribution >= 4 is 21.7 Å². The molecule has 1 N–H and O–H groups in total. The minimum Gasteiger partial charge on any atom is -0.444 e. The summed E-state index contributed by atoms with van der Waals surface area (Å²) in [6.45, 7) is 6.44. The zero-order valence-electron chi connectivity index (χ0n) is 22.3. The van der Waals surface area contributed by atoms with E-state index in [1.165, 1.54) is 49.0 Å². The monoisotopic (exact) mass is 560 g/mol. The molecule has 0 saturated heterocycles. The molecule has 0 spiro atoms. The summed E-state index contributed by atoms with van der Waals surface area (Å²) in [5.74, 6) is -3.09. The van der Waals surface area contributed by atoms with E-state index in [1.807, 2.05) is 0 Å². The number of aryl methyl sites for hydroxylation is 1. The molecule has 3 aromatic rings. The summed E-state index contributed by atoms with van der Waals surface area (Å²) >= 11 is 0. The third kappa shape index (κ3) is 7.60. The second-order valence-electron chi connectivity index (χ2n) is 10.0. The Balaban J connectivity index is 2.20. The lowest BCUT2D eigenvalue weighted by Gasteiger charge is -2.20. The SMILES string of the molecule is CCS(=O)(=O)Cc1ccc(C(=O)c2ccc(F)cc2F)c(-c2cn(C)c(=O)cc2CNC(=O)OC(C)(C)C)c1. The molecular formula is C28H30F2N2O6S. The van der Waals surface area contributed by atoms with E-state index in [0.29, 0.717) is 22.8 Å². The number of nitrogens with zero attached hydrogens (tertiary/aromatic N) is 1. The molecule has 3 rings (SSSR count). The van der Waals surface area contributed by atoms with E-state index in [0.717, 1.165) is 12.1 Å². The van der Waals surface area contributed by atoms with E-state index in [-0.39, 0.29) is 34.7 Å². The Kier molecular flexibility index (Phi) is 8.74. The van der Waals surface area contributed by atoms with Crippen molar-refractivity contribution in [2.45, 2.75) is 45.6 Å². The summed E-state index contributed by atoms with van der Waals surface area (Å²) in [7, 11) is -1.96. The Morgan fingerprint density at radius 2 is 1.67 bits per heavy atom. The molecule has 2 aromatic carbocycles. The molecule has 0 saturated carbocycles. The highest BCUT2D eigenvalue weighted by Crippen LogP contribution is 2.31. The number of carbonyl (C=O) groups excluding carboxylic acids is 2. The molecule has 0 aliphatic rings. The fourth-order valence-corrected chi connectivity index (χ4v) is 4.71. The molecule has 0 atom stereocenters. The van der Waals surface area contributed by atoms with Gasteiger partial charge in [-0.3, -0.25) is 9.59 Å². The number of ether oxygens (including phenoxy) is 1. The first-order valence-electron chi connectivity index (χ1n) is 12.1. The van der Waals surface area contributed by atoms with Crippen molar-refractivity contribution in [2.24, 2.45) is 7.05 Å². The number of rotatable bonds is 8. The topological polar surface area (TPSA) is 112 Å². The highest BCUT2D eigenvalue weighted by molar-refractivity contribution is 7.90.